The van der Waals surface area contributed by atoms with E-state index in [4.69, 9.17) is 4.74 Å². The third kappa shape index (κ3) is 2.74. The monoisotopic (exact) mass is 312 g/mol. The number of rotatable bonds is 2. The maximum absolute atomic E-state index is 11.1. The quantitative estimate of drug-likeness (QED) is 0.574. The summed E-state index contributed by atoms with van der Waals surface area (Å²) < 4.78 is 9.96. The Morgan fingerprint density at radius 2 is 1.86 bits per heavy atom. The van der Waals surface area contributed by atoms with Crippen molar-refractivity contribution in [2.75, 3.05) is 0 Å². The second kappa shape index (κ2) is 5.19. The van der Waals surface area contributed by atoms with E-state index < -0.39 is 6.16 Å². The van der Waals surface area contributed by atoms with Crippen LogP contribution in [0.25, 0.3) is 0 Å². The van der Waals surface area contributed by atoms with Gasteiger partial charge in [-0.05, 0) is 31.6 Å². The van der Waals surface area contributed by atoms with Crippen LogP contribution in [0.15, 0.2) is 0 Å². The number of carbonyl (C=O) groups is 1. The van der Waals surface area contributed by atoms with Gasteiger partial charge < -0.3 is 7.80 Å². The lowest BCUT2D eigenvalue weighted by molar-refractivity contribution is -0.0631. The average Bonchev–Trinajstić information content (AvgIpc) is 2.19. The number of hydrogen-bond donors (Lipinski definition) is 0. The van der Waals surface area contributed by atoms with Gasteiger partial charge >= 0.3 is 6.16 Å². The van der Waals surface area contributed by atoms with Crippen LogP contribution in [0.2, 0.25) is 0 Å². The van der Waals surface area contributed by atoms with Gasteiger partial charge in [-0.15, -0.1) is 0 Å². The van der Waals surface area contributed by atoms with Crippen LogP contribution in [-0.2, 0) is 7.80 Å². The topological polar surface area (TPSA) is 35.5 Å². The first-order valence-corrected chi connectivity index (χ1v) is 6.00. The Morgan fingerprint density at radius 3 is 2.29 bits per heavy atom. The zero-order chi connectivity index (χ0) is 10.6. The molecule has 82 valence electrons. The minimum absolute atomic E-state index is 0.277. The summed E-state index contributed by atoms with van der Waals surface area (Å²) in [6.45, 7) is 4.21. The molecule has 0 saturated heterocycles. The molecule has 0 unspecified atom stereocenters. The van der Waals surface area contributed by atoms with Gasteiger partial charge in [0.15, 0.2) is 23.0 Å². The number of hydrogen-bond acceptors (Lipinski definition) is 3. The minimum atomic E-state index is -0.554. The van der Waals surface area contributed by atoms with Crippen LogP contribution in [0.1, 0.15) is 46.0 Å². The molecule has 0 heterocycles. The molecule has 1 rings (SSSR count). The molecule has 4 heteroatoms. The van der Waals surface area contributed by atoms with Crippen LogP contribution in [0.3, 0.4) is 0 Å². The summed E-state index contributed by atoms with van der Waals surface area (Å²) in [5, 5.41) is 0. The molecule has 0 spiro atoms. The predicted octanol–water partition coefficient (Wildman–Crippen LogP) is 3.85. The van der Waals surface area contributed by atoms with Gasteiger partial charge in [0.05, 0.1) is 0 Å². The summed E-state index contributed by atoms with van der Waals surface area (Å²) >= 11 is 1.57. The zero-order valence-corrected chi connectivity index (χ0v) is 10.9. The van der Waals surface area contributed by atoms with Crippen molar-refractivity contribution in [3.05, 3.63) is 0 Å². The molecule has 1 saturated carbocycles. The maximum atomic E-state index is 11.1. The van der Waals surface area contributed by atoms with Crippen molar-refractivity contribution in [2.24, 2.45) is 5.92 Å². The Kier molecular flexibility index (Phi) is 4.47. The molecule has 1 aliphatic rings. The molecule has 0 aliphatic heterocycles. The predicted molar refractivity (Wildman–Crippen MR) is 62.2 cm³/mol. The molecule has 3 nitrogen and oxygen atoms in total. The van der Waals surface area contributed by atoms with E-state index in [0.717, 1.165) is 25.7 Å². The second-order valence-electron chi connectivity index (χ2n) is 4.21. The lowest BCUT2D eigenvalue weighted by Gasteiger charge is -2.39. The van der Waals surface area contributed by atoms with E-state index >= 15 is 0 Å². The molecule has 0 bridgehead atoms. The Bertz CT molecular complexity index is 198. The fourth-order valence-electron chi connectivity index (χ4n) is 2.13. The highest BCUT2D eigenvalue weighted by Crippen LogP contribution is 2.38. The smallest absolute Gasteiger partial charge is 0.427 e. The normalized spacial score (nSPS) is 20.6. The van der Waals surface area contributed by atoms with Gasteiger partial charge in [0.1, 0.15) is 5.60 Å². The van der Waals surface area contributed by atoms with Crippen molar-refractivity contribution >= 4 is 29.2 Å². The number of halogens is 1. The summed E-state index contributed by atoms with van der Waals surface area (Å²) in [5.74, 6) is 0.360. The lowest BCUT2D eigenvalue weighted by atomic mass is 9.77. The van der Waals surface area contributed by atoms with Crippen molar-refractivity contribution < 1.29 is 12.6 Å². The van der Waals surface area contributed by atoms with Crippen LogP contribution in [0, 0.1) is 5.92 Å². The van der Waals surface area contributed by atoms with E-state index in [2.05, 4.69) is 16.9 Å². The van der Waals surface area contributed by atoms with Gasteiger partial charge in [0.2, 0.25) is 0 Å². The van der Waals surface area contributed by atoms with Crippen LogP contribution >= 0.6 is 23.0 Å². The Morgan fingerprint density at radius 1 is 1.29 bits per heavy atom. The highest BCUT2D eigenvalue weighted by Gasteiger charge is 2.39. The number of ether oxygens (including phenoxy) is 1. The van der Waals surface area contributed by atoms with E-state index in [9.17, 15) is 4.79 Å². The SMILES string of the molecule is CC(C)C1(OC(=O)OI)CCCCC1. The highest BCUT2D eigenvalue weighted by atomic mass is 127. The lowest BCUT2D eigenvalue weighted by Crippen LogP contribution is -2.41. The first-order chi connectivity index (χ1) is 6.60. The molecule has 0 atom stereocenters. The third-order valence-electron chi connectivity index (χ3n) is 3.10. The maximum Gasteiger partial charge on any atom is 0.518 e. The van der Waals surface area contributed by atoms with Crippen LogP contribution in [-0.4, -0.2) is 11.8 Å². The van der Waals surface area contributed by atoms with Gasteiger partial charge in [-0.3, -0.25) is 0 Å². The van der Waals surface area contributed by atoms with Gasteiger partial charge in [-0.2, -0.15) is 0 Å². The van der Waals surface area contributed by atoms with E-state index in [-0.39, 0.29) is 5.60 Å². The molecule has 1 aliphatic carbocycles. The van der Waals surface area contributed by atoms with Crippen molar-refractivity contribution in [2.45, 2.75) is 51.6 Å². The fraction of sp³-hybridized carbons (Fsp3) is 0.900. The second-order valence-corrected chi connectivity index (χ2v) is 4.65. The third-order valence-corrected chi connectivity index (χ3v) is 3.46. The average molecular weight is 312 g/mol. The summed E-state index contributed by atoms with van der Waals surface area (Å²) in [7, 11) is 0. The standard InChI is InChI=1S/C10H17IO3/c1-8(2)10(13-9(12)14-11)6-4-3-5-7-10/h8H,3-7H2,1-2H3. The first kappa shape index (κ1) is 12.1. The fourth-order valence-corrected chi connectivity index (χ4v) is 2.22. The molecule has 0 amide bonds. The molecular weight excluding hydrogens is 295 g/mol. The van der Waals surface area contributed by atoms with Crippen LogP contribution in [0.4, 0.5) is 4.79 Å². The van der Waals surface area contributed by atoms with Gasteiger partial charge in [-0.25, -0.2) is 4.79 Å². The van der Waals surface area contributed by atoms with Crippen molar-refractivity contribution in [3.63, 3.8) is 0 Å². The van der Waals surface area contributed by atoms with Gasteiger partial charge in [-0.1, -0.05) is 20.3 Å². The summed E-state index contributed by atoms with van der Waals surface area (Å²) in [6.07, 6.45) is 4.92. The molecule has 0 aromatic heterocycles. The summed E-state index contributed by atoms with van der Waals surface area (Å²) in [5.41, 5.74) is -0.277. The summed E-state index contributed by atoms with van der Waals surface area (Å²) in [6, 6.07) is 0. The van der Waals surface area contributed by atoms with Gasteiger partial charge in [0, 0.05) is 0 Å². The Labute approximate surface area is 99.2 Å². The Balaban J connectivity index is 2.65. The highest BCUT2D eigenvalue weighted by molar-refractivity contribution is 14.1. The molecule has 0 N–H and O–H groups in total. The van der Waals surface area contributed by atoms with Crippen LogP contribution in [0.5, 0.6) is 0 Å². The van der Waals surface area contributed by atoms with Gasteiger partial charge in [0.25, 0.3) is 0 Å². The molecular formula is C10H17IO3. The molecule has 0 aromatic carbocycles. The Hall–Kier alpha value is 0. The number of carbonyl (C=O) groups excluding carboxylic acids is 1. The van der Waals surface area contributed by atoms with E-state index in [1.807, 2.05) is 0 Å². The van der Waals surface area contributed by atoms with E-state index in [0.29, 0.717) is 5.92 Å². The summed E-state index contributed by atoms with van der Waals surface area (Å²) in [4.78, 5) is 11.1. The van der Waals surface area contributed by atoms with Crippen molar-refractivity contribution in [3.8, 4) is 0 Å². The van der Waals surface area contributed by atoms with Crippen molar-refractivity contribution in [1.82, 2.24) is 0 Å². The molecule has 0 aromatic rings. The van der Waals surface area contributed by atoms with Crippen molar-refractivity contribution in [1.29, 1.82) is 0 Å². The minimum Gasteiger partial charge on any atom is -0.427 e. The van der Waals surface area contributed by atoms with E-state index in [1.165, 1.54) is 6.42 Å². The zero-order valence-electron chi connectivity index (χ0n) is 8.72. The van der Waals surface area contributed by atoms with Crippen LogP contribution < -0.4 is 0 Å². The largest absolute Gasteiger partial charge is 0.518 e. The molecule has 0 radical (unpaired) electrons. The van der Waals surface area contributed by atoms with E-state index in [1.54, 1.807) is 23.0 Å². The first-order valence-electron chi connectivity index (χ1n) is 5.12. The molecule has 1 fully saturated rings. The molecule has 14 heavy (non-hydrogen) atoms.